The molecule has 1 aliphatic heterocycles. The van der Waals surface area contributed by atoms with Crippen LogP contribution >= 0.6 is 0 Å². The Morgan fingerprint density at radius 3 is 2.73 bits per heavy atom. The molecule has 1 rings (SSSR count). The van der Waals surface area contributed by atoms with Crippen molar-refractivity contribution < 1.29 is 14.7 Å². The van der Waals surface area contributed by atoms with Gasteiger partial charge in [-0.05, 0) is 13.8 Å². The van der Waals surface area contributed by atoms with Crippen LogP contribution in [0.3, 0.4) is 0 Å². The molecule has 4 heteroatoms. The standard InChI is InChI=1S/C7H13NO3/c1-7(2)5-6(10)8(11-7)3-4-9/h9H,3-5H2,1-2H3. The molecule has 11 heavy (non-hydrogen) atoms. The van der Waals surface area contributed by atoms with Crippen LogP contribution in [0, 0.1) is 0 Å². The number of aliphatic hydroxyl groups is 1. The fourth-order valence-electron chi connectivity index (χ4n) is 1.10. The molecule has 1 amide bonds. The summed E-state index contributed by atoms with van der Waals surface area (Å²) in [5, 5.41) is 9.76. The number of rotatable bonds is 2. The smallest absolute Gasteiger partial charge is 0.249 e. The maximum absolute atomic E-state index is 11.1. The van der Waals surface area contributed by atoms with Crippen LogP contribution in [0.4, 0.5) is 0 Å². The van der Waals surface area contributed by atoms with E-state index in [1.165, 1.54) is 5.06 Å². The maximum Gasteiger partial charge on any atom is 0.249 e. The molecule has 1 saturated heterocycles. The summed E-state index contributed by atoms with van der Waals surface area (Å²) in [4.78, 5) is 16.3. The Morgan fingerprint density at radius 2 is 2.36 bits per heavy atom. The van der Waals surface area contributed by atoms with Crippen molar-refractivity contribution in [2.45, 2.75) is 25.9 Å². The first-order valence-electron chi connectivity index (χ1n) is 3.65. The molecule has 0 aromatic heterocycles. The number of hydroxylamine groups is 2. The monoisotopic (exact) mass is 159 g/mol. The van der Waals surface area contributed by atoms with Gasteiger partial charge in [0, 0.05) is 0 Å². The van der Waals surface area contributed by atoms with Gasteiger partial charge < -0.3 is 5.11 Å². The number of aliphatic hydroxyl groups excluding tert-OH is 1. The zero-order chi connectivity index (χ0) is 8.48. The van der Waals surface area contributed by atoms with Crippen LogP contribution in [-0.4, -0.2) is 34.8 Å². The molecule has 0 aromatic carbocycles. The number of β-amino-alcohol motifs (C(OH)–C–C–N with tert-alkyl or cyclic N) is 1. The van der Waals surface area contributed by atoms with Gasteiger partial charge in [0.15, 0.2) is 0 Å². The average molecular weight is 159 g/mol. The second-order valence-electron chi connectivity index (χ2n) is 3.25. The summed E-state index contributed by atoms with van der Waals surface area (Å²) < 4.78 is 0. The molecule has 4 nitrogen and oxygen atoms in total. The fraction of sp³-hybridized carbons (Fsp3) is 0.857. The van der Waals surface area contributed by atoms with Gasteiger partial charge in [0.25, 0.3) is 0 Å². The first-order chi connectivity index (χ1) is 5.05. The first kappa shape index (κ1) is 8.49. The minimum Gasteiger partial charge on any atom is -0.394 e. The maximum atomic E-state index is 11.1. The summed E-state index contributed by atoms with van der Waals surface area (Å²) >= 11 is 0. The van der Waals surface area contributed by atoms with E-state index < -0.39 is 5.60 Å². The van der Waals surface area contributed by atoms with Crippen LogP contribution in [0.1, 0.15) is 20.3 Å². The molecule has 0 aliphatic carbocycles. The van der Waals surface area contributed by atoms with Crippen LogP contribution in [0.15, 0.2) is 0 Å². The summed E-state index contributed by atoms with van der Waals surface area (Å²) in [6, 6.07) is 0. The second kappa shape index (κ2) is 2.79. The molecule has 0 bridgehead atoms. The van der Waals surface area contributed by atoms with Crippen molar-refractivity contribution in [3.63, 3.8) is 0 Å². The highest BCUT2D eigenvalue weighted by molar-refractivity contribution is 5.77. The quantitative estimate of drug-likeness (QED) is 0.613. The van der Waals surface area contributed by atoms with Crippen molar-refractivity contribution in [2.24, 2.45) is 0 Å². The van der Waals surface area contributed by atoms with Gasteiger partial charge in [0.2, 0.25) is 5.91 Å². The molecule has 0 unspecified atom stereocenters. The van der Waals surface area contributed by atoms with Gasteiger partial charge in [-0.25, -0.2) is 5.06 Å². The van der Waals surface area contributed by atoms with Crippen molar-refractivity contribution in [2.75, 3.05) is 13.2 Å². The summed E-state index contributed by atoms with van der Waals surface area (Å²) in [5.41, 5.74) is -0.397. The molecule has 1 N–H and O–H groups in total. The van der Waals surface area contributed by atoms with Gasteiger partial charge in [0.1, 0.15) is 0 Å². The lowest BCUT2D eigenvalue weighted by atomic mass is 10.1. The Bertz CT molecular complexity index is 167. The molecule has 0 spiro atoms. The lowest BCUT2D eigenvalue weighted by molar-refractivity contribution is -0.193. The molecule has 0 aromatic rings. The van der Waals surface area contributed by atoms with E-state index in [1.807, 2.05) is 13.8 Å². The predicted molar refractivity (Wildman–Crippen MR) is 38.6 cm³/mol. The van der Waals surface area contributed by atoms with Crippen molar-refractivity contribution in [1.82, 2.24) is 5.06 Å². The zero-order valence-electron chi connectivity index (χ0n) is 6.83. The summed E-state index contributed by atoms with van der Waals surface area (Å²) in [6.07, 6.45) is 0.396. The van der Waals surface area contributed by atoms with Gasteiger partial charge in [0.05, 0.1) is 25.2 Å². The third-order valence-electron chi connectivity index (χ3n) is 1.52. The van der Waals surface area contributed by atoms with E-state index in [9.17, 15) is 4.79 Å². The van der Waals surface area contributed by atoms with E-state index in [1.54, 1.807) is 0 Å². The summed E-state index contributed by atoms with van der Waals surface area (Å²) in [5.74, 6) is -0.0518. The van der Waals surface area contributed by atoms with Crippen molar-refractivity contribution >= 4 is 5.91 Å². The van der Waals surface area contributed by atoms with Gasteiger partial charge in [-0.15, -0.1) is 0 Å². The Hall–Kier alpha value is -0.610. The lowest BCUT2D eigenvalue weighted by Gasteiger charge is -2.18. The van der Waals surface area contributed by atoms with Gasteiger partial charge in [-0.3, -0.25) is 9.63 Å². The zero-order valence-corrected chi connectivity index (χ0v) is 6.83. The van der Waals surface area contributed by atoms with Crippen LogP contribution < -0.4 is 0 Å². The molecule has 0 radical (unpaired) electrons. The molecule has 1 aliphatic rings. The van der Waals surface area contributed by atoms with Crippen molar-refractivity contribution in [1.29, 1.82) is 0 Å². The highest BCUT2D eigenvalue weighted by atomic mass is 16.7. The van der Waals surface area contributed by atoms with E-state index in [2.05, 4.69) is 0 Å². The average Bonchev–Trinajstić information content (AvgIpc) is 2.07. The van der Waals surface area contributed by atoms with Crippen LogP contribution in [0.5, 0.6) is 0 Å². The number of hydrogen-bond acceptors (Lipinski definition) is 3. The van der Waals surface area contributed by atoms with E-state index in [0.29, 0.717) is 6.42 Å². The molecular weight excluding hydrogens is 146 g/mol. The van der Waals surface area contributed by atoms with Crippen LogP contribution in [0.25, 0.3) is 0 Å². The summed E-state index contributed by atoms with van der Waals surface area (Å²) in [6.45, 7) is 3.91. The molecule has 0 saturated carbocycles. The first-order valence-corrected chi connectivity index (χ1v) is 3.65. The number of amides is 1. The minimum absolute atomic E-state index is 0.0518. The molecule has 0 atom stereocenters. The largest absolute Gasteiger partial charge is 0.394 e. The van der Waals surface area contributed by atoms with Gasteiger partial charge in [-0.2, -0.15) is 0 Å². The lowest BCUT2D eigenvalue weighted by Crippen LogP contribution is -2.28. The van der Waals surface area contributed by atoms with Crippen molar-refractivity contribution in [3.05, 3.63) is 0 Å². The SMILES string of the molecule is CC1(C)CC(=O)N(CCO)O1. The van der Waals surface area contributed by atoms with Crippen LogP contribution in [0.2, 0.25) is 0 Å². The minimum atomic E-state index is -0.397. The number of nitrogens with zero attached hydrogens (tertiary/aromatic N) is 1. The molecule has 1 fully saturated rings. The van der Waals surface area contributed by atoms with Gasteiger partial charge >= 0.3 is 0 Å². The van der Waals surface area contributed by atoms with Crippen LogP contribution in [-0.2, 0) is 9.63 Å². The second-order valence-corrected chi connectivity index (χ2v) is 3.25. The third kappa shape index (κ3) is 1.91. The fourth-order valence-corrected chi connectivity index (χ4v) is 1.10. The Labute approximate surface area is 65.7 Å². The van der Waals surface area contributed by atoms with Crippen molar-refractivity contribution in [3.8, 4) is 0 Å². The Kier molecular flexibility index (Phi) is 2.15. The highest BCUT2D eigenvalue weighted by Gasteiger charge is 2.36. The molecular formula is C7H13NO3. The number of carbonyl (C=O) groups is 1. The number of hydrogen-bond donors (Lipinski definition) is 1. The Balaban J connectivity index is 2.52. The van der Waals surface area contributed by atoms with E-state index in [0.717, 1.165) is 0 Å². The third-order valence-corrected chi connectivity index (χ3v) is 1.52. The normalized spacial score (nSPS) is 22.8. The summed E-state index contributed by atoms with van der Waals surface area (Å²) in [7, 11) is 0. The van der Waals surface area contributed by atoms with E-state index >= 15 is 0 Å². The molecule has 1 heterocycles. The van der Waals surface area contributed by atoms with E-state index in [4.69, 9.17) is 9.94 Å². The molecule has 64 valence electrons. The van der Waals surface area contributed by atoms with E-state index in [-0.39, 0.29) is 19.1 Å². The highest BCUT2D eigenvalue weighted by Crippen LogP contribution is 2.24. The predicted octanol–water partition coefficient (Wildman–Crippen LogP) is -0.0788. The van der Waals surface area contributed by atoms with Gasteiger partial charge in [-0.1, -0.05) is 0 Å². The Morgan fingerprint density at radius 1 is 1.73 bits per heavy atom. The topological polar surface area (TPSA) is 49.8 Å². The number of carbonyl (C=O) groups excluding carboxylic acids is 1.